The topological polar surface area (TPSA) is 26.0 Å². The molecule has 0 unspecified atom stereocenters. The molecule has 2 N–H and O–H groups in total. The minimum absolute atomic E-state index is 0. The van der Waals surface area contributed by atoms with Crippen molar-refractivity contribution >= 4 is 24.0 Å². The lowest BCUT2D eigenvalue weighted by molar-refractivity contribution is 0.00663. The molecule has 9 heteroatoms. The largest absolute Gasteiger partial charge is 0.304 e. The summed E-state index contributed by atoms with van der Waals surface area (Å²) in [5.74, 6) is -11.6. The lowest BCUT2D eigenvalue weighted by Crippen LogP contribution is -2.32. The van der Waals surface area contributed by atoms with Crippen molar-refractivity contribution in [2.24, 2.45) is 5.73 Å². The van der Waals surface area contributed by atoms with Gasteiger partial charge in [0.05, 0.1) is 6.42 Å². The van der Waals surface area contributed by atoms with E-state index in [0.717, 1.165) is 0 Å². The molecule has 0 saturated carbocycles. The summed E-state index contributed by atoms with van der Waals surface area (Å²) in [4.78, 5) is 0. The molecule has 1 aromatic carbocycles. The minimum Gasteiger partial charge on any atom is -0.272 e. The highest BCUT2D eigenvalue weighted by Gasteiger charge is 2.32. The summed E-state index contributed by atoms with van der Waals surface area (Å²) < 4.78 is 87.7. The van der Waals surface area contributed by atoms with Crippen LogP contribution in [0.2, 0.25) is 0 Å². The summed E-state index contributed by atoms with van der Waals surface area (Å²) in [7, 11) is 0. The molecule has 0 atom stereocenters. The normalized spacial score (nSPS) is 11.3. The maximum atomic E-state index is 12.8. The van der Waals surface area contributed by atoms with Crippen molar-refractivity contribution in [3.05, 3.63) is 34.6 Å². The Morgan fingerprint density at radius 1 is 0.765 bits per heavy atom. The van der Waals surface area contributed by atoms with E-state index in [1.165, 1.54) is 0 Å². The summed E-state index contributed by atoms with van der Waals surface area (Å²) in [6, 6.07) is -4.07. The van der Waals surface area contributed by atoms with Crippen LogP contribution in [0.4, 0.5) is 30.7 Å². The number of alkyl halides is 2. The maximum absolute atomic E-state index is 12.8. The van der Waals surface area contributed by atoms with Crippen LogP contribution in [0.15, 0.2) is 0 Å². The fraction of sp³-hybridized carbons (Fsp3) is 0.250. The Morgan fingerprint density at radius 3 is 1.35 bits per heavy atom. The van der Waals surface area contributed by atoms with Crippen LogP contribution in [0.1, 0.15) is 5.56 Å². The fourth-order valence-corrected chi connectivity index (χ4v) is 1.04. The molecule has 0 amide bonds. The number of nitrogens with two attached hydrogens (primary N) is 1. The third-order valence-corrected chi connectivity index (χ3v) is 1.71. The van der Waals surface area contributed by atoms with Crippen LogP contribution in [-0.2, 0) is 6.42 Å². The molecule has 0 aliphatic carbocycles. The predicted octanol–water partition coefficient (Wildman–Crippen LogP) is 3.09. The molecule has 0 aliphatic heterocycles. The Balaban J connectivity index is 0.00000256. The Hall–Kier alpha value is -0.580. The standard InChI is InChI=1S/C8H4F7N.HI/c9-3-2(1-8(14,15)16)4(10)6(12)7(13)5(3)11;/h1,16H2;1H. The monoisotopic (exact) mass is 375 g/mol. The number of benzene rings is 1. The third-order valence-electron chi connectivity index (χ3n) is 1.71. The first-order chi connectivity index (χ1) is 7.15. The van der Waals surface area contributed by atoms with Gasteiger partial charge in [0.2, 0.25) is 5.82 Å². The molecule has 17 heavy (non-hydrogen) atoms. The average molecular weight is 375 g/mol. The molecule has 0 fully saturated rings. The van der Waals surface area contributed by atoms with E-state index in [2.05, 4.69) is 5.73 Å². The molecule has 1 rings (SSSR count). The van der Waals surface area contributed by atoms with Crippen LogP contribution in [0, 0.1) is 29.1 Å². The Labute approximate surface area is 108 Å². The zero-order valence-electron chi connectivity index (χ0n) is 7.84. The second-order valence-corrected chi connectivity index (χ2v) is 2.99. The fourth-order valence-electron chi connectivity index (χ4n) is 1.04. The highest BCUT2D eigenvalue weighted by Crippen LogP contribution is 2.26. The van der Waals surface area contributed by atoms with Gasteiger partial charge in [-0.1, -0.05) is 0 Å². The van der Waals surface area contributed by atoms with E-state index in [9.17, 15) is 30.7 Å². The first-order valence-electron chi connectivity index (χ1n) is 3.82. The lowest BCUT2D eigenvalue weighted by atomic mass is 10.1. The van der Waals surface area contributed by atoms with Crippen LogP contribution in [0.5, 0.6) is 0 Å². The first kappa shape index (κ1) is 16.4. The van der Waals surface area contributed by atoms with Crippen LogP contribution in [-0.4, -0.2) is 6.05 Å². The molecule has 0 aromatic heterocycles. The molecule has 0 aliphatic rings. The molecule has 98 valence electrons. The van der Waals surface area contributed by atoms with Gasteiger partial charge in [0.15, 0.2) is 23.3 Å². The van der Waals surface area contributed by atoms with Gasteiger partial charge >= 0.3 is 6.05 Å². The Morgan fingerprint density at radius 2 is 1.06 bits per heavy atom. The van der Waals surface area contributed by atoms with Crippen molar-refractivity contribution in [3.63, 3.8) is 0 Å². The van der Waals surface area contributed by atoms with Gasteiger partial charge in [-0.15, -0.1) is 24.0 Å². The summed E-state index contributed by atoms with van der Waals surface area (Å²) in [5, 5.41) is 0. The van der Waals surface area contributed by atoms with Gasteiger partial charge < -0.3 is 0 Å². The molecular formula is C8H5F7IN. The summed E-state index contributed by atoms with van der Waals surface area (Å²) in [5.41, 5.74) is 2.50. The molecular weight excluding hydrogens is 370 g/mol. The van der Waals surface area contributed by atoms with Gasteiger partial charge in [-0.25, -0.2) is 22.0 Å². The molecule has 0 radical (unpaired) electrons. The quantitative estimate of drug-likeness (QED) is 0.278. The highest BCUT2D eigenvalue weighted by molar-refractivity contribution is 14.0. The van der Waals surface area contributed by atoms with E-state index in [4.69, 9.17) is 0 Å². The second-order valence-electron chi connectivity index (χ2n) is 2.99. The second kappa shape index (κ2) is 5.38. The van der Waals surface area contributed by atoms with E-state index >= 15 is 0 Å². The van der Waals surface area contributed by atoms with Gasteiger partial charge in [0.1, 0.15) is 0 Å². The van der Waals surface area contributed by atoms with Gasteiger partial charge in [-0.3, -0.25) is 5.73 Å². The van der Waals surface area contributed by atoms with Crippen LogP contribution >= 0.6 is 24.0 Å². The van der Waals surface area contributed by atoms with E-state index in [1.807, 2.05) is 0 Å². The van der Waals surface area contributed by atoms with Gasteiger partial charge in [0.25, 0.3) is 0 Å². The van der Waals surface area contributed by atoms with E-state index in [-0.39, 0.29) is 24.0 Å². The molecule has 0 heterocycles. The van der Waals surface area contributed by atoms with E-state index in [1.54, 1.807) is 0 Å². The maximum Gasteiger partial charge on any atom is 0.304 e. The molecule has 0 bridgehead atoms. The predicted molar refractivity (Wildman–Crippen MR) is 54.5 cm³/mol. The minimum atomic E-state index is -4.07. The van der Waals surface area contributed by atoms with Gasteiger partial charge in [0, 0.05) is 5.56 Å². The molecule has 1 aromatic rings. The van der Waals surface area contributed by atoms with Crippen LogP contribution in [0.3, 0.4) is 0 Å². The van der Waals surface area contributed by atoms with Gasteiger partial charge in [-0.05, 0) is 0 Å². The summed E-state index contributed by atoms with van der Waals surface area (Å²) >= 11 is 0. The van der Waals surface area contributed by atoms with E-state index < -0.39 is 47.1 Å². The van der Waals surface area contributed by atoms with Crippen LogP contribution < -0.4 is 5.73 Å². The van der Waals surface area contributed by atoms with Crippen molar-refractivity contribution < 1.29 is 30.7 Å². The smallest absolute Gasteiger partial charge is 0.272 e. The summed E-state index contributed by atoms with van der Waals surface area (Å²) in [6.45, 7) is 0. The Kier molecular flexibility index (Phi) is 5.19. The zero-order chi connectivity index (χ0) is 12.7. The van der Waals surface area contributed by atoms with Crippen molar-refractivity contribution in [2.45, 2.75) is 12.5 Å². The van der Waals surface area contributed by atoms with Gasteiger partial charge in [-0.2, -0.15) is 8.78 Å². The third kappa shape index (κ3) is 3.44. The first-order valence-corrected chi connectivity index (χ1v) is 3.82. The van der Waals surface area contributed by atoms with E-state index in [0.29, 0.717) is 0 Å². The number of rotatable bonds is 2. The Bertz CT molecular complexity index is 400. The van der Waals surface area contributed by atoms with Crippen LogP contribution in [0.25, 0.3) is 0 Å². The molecule has 0 spiro atoms. The van der Waals surface area contributed by atoms with Crippen molar-refractivity contribution in [2.75, 3.05) is 0 Å². The number of hydrogen-bond donors (Lipinski definition) is 1. The lowest BCUT2D eigenvalue weighted by Gasteiger charge is -2.12. The van der Waals surface area contributed by atoms with Crippen molar-refractivity contribution in [1.82, 2.24) is 0 Å². The molecule has 1 nitrogen and oxygen atoms in total. The number of halogens is 8. The SMILES string of the molecule is I.NC(F)(F)Cc1c(F)c(F)c(F)c(F)c1F. The summed E-state index contributed by atoms with van der Waals surface area (Å²) in [6.07, 6.45) is -1.78. The highest BCUT2D eigenvalue weighted by atomic mass is 127. The average Bonchev–Trinajstić information content (AvgIpc) is 2.17. The van der Waals surface area contributed by atoms with Crippen molar-refractivity contribution in [3.8, 4) is 0 Å². The zero-order valence-corrected chi connectivity index (χ0v) is 10.2. The van der Waals surface area contributed by atoms with Crippen molar-refractivity contribution in [1.29, 1.82) is 0 Å². The molecule has 0 saturated heterocycles. The number of hydrogen-bond acceptors (Lipinski definition) is 1.